The molecule has 3 rings (SSSR count). The molecule has 0 atom stereocenters. The van der Waals surface area contributed by atoms with Gasteiger partial charge in [-0.05, 0) is 49.3 Å². The second kappa shape index (κ2) is 10.6. The normalized spacial score (nSPS) is 15.0. The van der Waals surface area contributed by atoms with Gasteiger partial charge in [-0.15, -0.1) is 0 Å². The predicted molar refractivity (Wildman–Crippen MR) is 106 cm³/mol. The van der Waals surface area contributed by atoms with Crippen molar-refractivity contribution in [1.29, 1.82) is 0 Å². The largest absolute Gasteiger partial charge is 0.489 e. The van der Waals surface area contributed by atoms with Gasteiger partial charge in [-0.2, -0.15) is 0 Å². The monoisotopic (exact) mass is 392 g/mol. The number of halogens is 2. The fourth-order valence-electron chi connectivity index (χ4n) is 2.99. The van der Waals surface area contributed by atoms with E-state index < -0.39 is 0 Å². The Kier molecular flexibility index (Phi) is 7.90. The third kappa shape index (κ3) is 6.78. The van der Waals surface area contributed by atoms with E-state index in [0.29, 0.717) is 11.6 Å². The molecule has 1 aliphatic rings. The molecule has 1 fully saturated rings. The molecule has 0 bridgehead atoms. The van der Waals surface area contributed by atoms with Crippen LogP contribution >= 0.6 is 11.6 Å². The van der Waals surface area contributed by atoms with E-state index in [9.17, 15) is 4.39 Å². The molecule has 6 heteroatoms. The third-order valence-electron chi connectivity index (χ3n) is 4.59. The highest BCUT2D eigenvalue weighted by molar-refractivity contribution is 6.31. The smallest absolute Gasteiger partial charge is 0.124 e. The number of ether oxygens (including phenoxy) is 2. The van der Waals surface area contributed by atoms with Crippen LogP contribution in [0.15, 0.2) is 42.5 Å². The maximum absolute atomic E-state index is 13.1. The van der Waals surface area contributed by atoms with Gasteiger partial charge in [0.1, 0.15) is 18.2 Å². The lowest BCUT2D eigenvalue weighted by Gasteiger charge is -2.26. The molecule has 0 spiro atoms. The van der Waals surface area contributed by atoms with Gasteiger partial charge >= 0.3 is 0 Å². The van der Waals surface area contributed by atoms with Crippen molar-refractivity contribution in [3.8, 4) is 5.75 Å². The van der Waals surface area contributed by atoms with Gasteiger partial charge in [0, 0.05) is 25.2 Å². The number of hydrogen-bond donors (Lipinski definition) is 1. The minimum absolute atomic E-state index is 0.318. The molecule has 0 aromatic heterocycles. The van der Waals surface area contributed by atoms with Crippen LogP contribution in [0.3, 0.4) is 0 Å². The van der Waals surface area contributed by atoms with Gasteiger partial charge in [-0.25, -0.2) is 4.39 Å². The van der Waals surface area contributed by atoms with E-state index >= 15 is 0 Å². The molecule has 2 aromatic rings. The molecule has 27 heavy (non-hydrogen) atoms. The van der Waals surface area contributed by atoms with Gasteiger partial charge in [-0.3, -0.25) is 4.90 Å². The SMILES string of the molecule is Fc1ccc(COc2ccc(CNCCCN3CCOCC3)cc2)c(Cl)c1. The van der Waals surface area contributed by atoms with Crippen LogP contribution in [0.25, 0.3) is 0 Å². The Morgan fingerprint density at radius 1 is 1.11 bits per heavy atom. The highest BCUT2D eigenvalue weighted by Crippen LogP contribution is 2.20. The number of nitrogens with zero attached hydrogens (tertiary/aromatic N) is 1. The Bertz CT molecular complexity index is 706. The van der Waals surface area contributed by atoms with Crippen molar-refractivity contribution >= 4 is 11.6 Å². The van der Waals surface area contributed by atoms with Crippen LogP contribution in [0.4, 0.5) is 4.39 Å². The number of rotatable bonds is 9. The summed E-state index contributed by atoms with van der Waals surface area (Å²) < 4.78 is 24.2. The van der Waals surface area contributed by atoms with E-state index in [1.54, 1.807) is 6.07 Å². The van der Waals surface area contributed by atoms with Crippen LogP contribution in [0.5, 0.6) is 5.75 Å². The molecule has 0 radical (unpaired) electrons. The minimum atomic E-state index is -0.342. The van der Waals surface area contributed by atoms with Crippen molar-refractivity contribution in [3.63, 3.8) is 0 Å². The summed E-state index contributed by atoms with van der Waals surface area (Å²) in [7, 11) is 0. The zero-order valence-corrected chi connectivity index (χ0v) is 16.2. The maximum Gasteiger partial charge on any atom is 0.124 e. The standard InChI is InChI=1S/C21H26ClFN2O2/c22-21-14-19(23)5-4-18(21)16-27-20-6-2-17(3-7-20)15-24-8-1-9-25-10-12-26-13-11-25/h2-7,14,24H,1,8-13,15-16H2. The molecule has 1 heterocycles. The Balaban J connectivity index is 1.34. The second-order valence-corrected chi connectivity index (χ2v) is 7.06. The molecule has 2 aromatic carbocycles. The summed E-state index contributed by atoms with van der Waals surface area (Å²) in [6.45, 7) is 7.08. The average molecular weight is 393 g/mol. The minimum Gasteiger partial charge on any atom is -0.489 e. The lowest BCUT2D eigenvalue weighted by molar-refractivity contribution is 0.0374. The number of benzene rings is 2. The van der Waals surface area contributed by atoms with E-state index in [2.05, 4.69) is 22.3 Å². The Morgan fingerprint density at radius 3 is 2.63 bits per heavy atom. The molecule has 0 aliphatic carbocycles. The van der Waals surface area contributed by atoms with Gasteiger partial charge in [0.25, 0.3) is 0 Å². The molecule has 0 saturated carbocycles. The molecule has 0 amide bonds. The van der Waals surface area contributed by atoms with Gasteiger partial charge < -0.3 is 14.8 Å². The van der Waals surface area contributed by atoms with Crippen molar-refractivity contribution in [2.75, 3.05) is 39.4 Å². The van der Waals surface area contributed by atoms with Crippen molar-refractivity contribution < 1.29 is 13.9 Å². The molecule has 1 saturated heterocycles. The maximum atomic E-state index is 13.1. The summed E-state index contributed by atoms with van der Waals surface area (Å²) in [6, 6.07) is 12.3. The quantitative estimate of drug-likeness (QED) is 0.657. The van der Waals surface area contributed by atoms with Crippen LogP contribution in [0.1, 0.15) is 17.5 Å². The molecule has 4 nitrogen and oxygen atoms in total. The van der Waals surface area contributed by atoms with Crippen LogP contribution < -0.4 is 10.1 Å². The van der Waals surface area contributed by atoms with Gasteiger partial charge in [0.2, 0.25) is 0 Å². The van der Waals surface area contributed by atoms with Crippen molar-refractivity contribution in [3.05, 3.63) is 64.4 Å². The highest BCUT2D eigenvalue weighted by atomic mass is 35.5. The second-order valence-electron chi connectivity index (χ2n) is 6.65. The summed E-state index contributed by atoms with van der Waals surface area (Å²) in [5.74, 6) is 0.428. The first-order valence-electron chi connectivity index (χ1n) is 9.37. The van der Waals surface area contributed by atoms with Crippen molar-refractivity contribution in [1.82, 2.24) is 10.2 Å². The highest BCUT2D eigenvalue weighted by Gasteiger charge is 2.09. The molecule has 146 valence electrons. The van der Waals surface area contributed by atoms with Crippen molar-refractivity contribution in [2.24, 2.45) is 0 Å². The zero-order chi connectivity index (χ0) is 18.9. The first-order chi connectivity index (χ1) is 13.2. The number of morpholine rings is 1. The van der Waals surface area contributed by atoms with Gasteiger partial charge in [-0.1, -0.05) is 29.8 Å². The summed E-state index contributed by atoms with van der Waals surface area (Å²) in [4.78, 5) is 2.45. The molecular formula is C21H26ClFN2O2. The van der Waals surface area contributed by atoms with Gasteiger partial charge in [0.15, 0.2) is 0 Å². The third-order valence-corrected chi connectivity index (χ3v) is 4.95. The van der Waals surface area contributed by atoms with Crippen LogP contribution in [-0.4, -0.2) is 44.3 Å². The fraction of sp³-hybridized carbons (Fsp3) is 0.429. The van der Waals surface area contributed by atoms with Gasteiger partial charge in [0.05, 0.1) is 18.2 Å². The van der Waals surface area contributed by atoms with E-state index in [1.807, 2.05) is 12.1 Å². The van der Waals surface area contributed by atoms with Crippen LogP contribution in [0.2, 0.25) is 5.02 Å². The summed E-state index contributed by atoms with van der Waals surface area (Å²) in [5.41, 5.74) is 1.98. The molecule has 1 N–H and O–H groups in total. The number of nitrogens with one attached hydrogen (secondary N) is 1. The Morgan fingerprint density at radius 2 is 1.89 bits per heavy atom. The average Bonchev–Trinajstić information content (AvgIpc) is 2.69. The van der Waals surface area contributed by atoms with Crippen LogP contribution in [0, 0.1) is 5.82 Å². The molecular weight excluding hydrogens is 367 g/mol. The molecule has 1 aliphatic heterocycles. The predicted octanol–water partition coefficient (Wildman–Crippen LogP) is 3.87. The summed E-state index contributed by atoms with van der Waals surface area (Å²) >= 11 is 6.02. The van der Waals surface area contributed by atoms with Crippen molar-refractivity contribution in [2.45, 2.75) is 19.6 Å². The zero-order valence-electron chi connectivity index (χ0n) is 15.4. The Labute approximate surface area is 165 Å². The van der Waals surface area contributed by atoms with E-state index in [-0.39, 0.29) is 5.82 Å². The first-order valence-corrected chi connectivity index (χ1v) is 9.75. The summed E-state index contributed by atoms with van der Waals surface area (Å²) in [6.07, 6.45) is 1.14. The van der Waals surface area contributed by atoms with E-state index in [0.717, 1.165) is 63.7 Å². The van der Waals surface area contributed by atoms with Crippen LogP contribution in [-0.2, 0) is 17.9 Å². The number of hydrogen-bond acceptors (Lipinski definition) is 4. The van der Waals surface area contributed by atoms with E-state index in [4.69, 9.17) is 21.1 Å². The van der Waals surface area contributed by atoms with E-state index in [1.165, 1.54) is 17.7 Å². The molecule has 0 unspecified atom stereocenters. The summed E-state index contributed by atoms with van der Waals surface area (Å²) in [5, 5.41) is 3.86. The first kappa shape index (κ1) is 20.1. The lowest BCUT2D eigenvalue weighted by Crippen LogP contribution is -2.37. The topological polar surface area (TPSA) is 33.7 Å². The fourth-order valence-corrected chi connectivity index (χ4v) is 3.21. The lowest BCUT2D eigenvalue weighted by atomic mass is 10.2. The Hall–Kier alpha value is -1.66.